The van der Waals surface area contributed by atoms with E-state index in [1.807, 2.05) is 0 Å². The summed E-state index contributed by atoms with van der Waals surface area (Å²) < 4.78 is 26.6. The van der Waals surface area contributed by atoms with Crippen LogP contribution in [0.15, 0.2) is 20.1 Å². The Bertz CT molecular complexity index is 614. The first-order valence-electron chi connectivity index (χ1n) is 6.03. The minimum absolute atomic E-state index is 0.0746. The van der Waals surface area contributed by atoms with Gasteiger partial charge in [0, 0.05) is 0 Å². The molecule has 1 atom stereocenters. The highest BCUT2D eigenvalue weighted by Gasteiger charge is 2.21. The maximum Gasteiger partial charge on any atom is 0.326 e. The first kappa shape index (κ1) is 18.1. The third-order valence-corrected chi connectivity index (χ3v) is 5.96. The van der Waals surface area contributed by atoms with Gasteiger partial charge in [-0.1, -0.05) is 13.3 Å². The lowest BCUT2D eigenvalue weighted by atomic mass is 10.2. The molecule has 0 aliphatic carbocycles. The molecule has 0 aliphatic heterocycles. The van der Waals surface area contributed by atoms with Gasteiger partial charge in [-0.3, -0.25) is 4.79 Å². The van der Waals surface area contributed by atoms with E-state index in [0.717, 1.165) is 11.3 Å². The number of sulfonamides is 1. The number of carbonyl (C=O) groups is 2. The number of hydrogen-bond acceptors (Lipinski definition) is 5. The van der Waals surface area contributed by atoms with E-state index in [1.54, 1.807) is 13.0 Å². The third kappa shape index (κ3) is 5.73. The van der Waals surface area contributed by atoms with Crippen molar-refractivity contribution in [3.8, 4) is 0 Å². The van der Waals surface area contributed by atoms with Crippen LogP contribution < -0.4 is 10.0 Å². The summed E-state index contributed by atoms with van der Waals surface area (Å²) in [5.74, 6) is -1.83. The second-order valence-electron chi connectivity index (χ2n) is 4.13. The van der Waals surface area contributed by atoms with Crippen LogP contribution in [0.3, 0.4) is 0 Å². The van der Waals surface area contributed by atoms with Gasteiger partial charge in [0.15, 0.2) is 0 Å². The molecule has 0 aliphatic rings. The summed E-state index contributed by atoms with van der Waals surface area (Å²) in [6.45, 7) is 1.28. The van der Waals surface area contributed by atoms with Gasteiger partial charge in [-0.05, 0) is 34.5 Å². The van der Waals surface area contributed by atoms with Crippen LogP contribution in [-0.2, 0) is 19.6 Å². The molecule has 0 saturated heterocycles. The molecule has 0 bridgehead atoms. The van der Waals surface area contributed by atoms with Crippen molar-refractivity contribution in [3.05, 3.63) is 15.9 Å². The topological polar surface area (TPSA) is 113 Å². The van der Waals surface area contributed by atoms with Gasteiger partial charge in [0.05, 0.1) is 10.3 Å². The first-order chi connectivity index (χ1) is 9.76. The number of halogens is 1. The van der Waals surface area contributed by atoms with Crippen molar-refractivity contribution in [2.45, 2.75) is 30.0 Å². The van der Waals surface area contributed by atoms with E-state index in [2.05, 4.69) is 26.0 Å². The van der Waals surface area contributed by atoms with Gasteiger partial charge in [0.1, 0.15) is 10.3 Å². The lowest BCUT2D eigenvalue weighted by Crippen LogP contribution is -2.45. The molecule has 10 heteroatoms. The van der Waals surface area contributed by atoms with E-state index < -0.39 is 34.5 Å². The Labute approximate surface area is 134 Å². The molecule has 0 aromatic carbocycles. The molecule has 21 heavy (non-hydrogen) atoms. The minimum atomic E-state index is -3.77. The molecule has 118 valence electrons. The van der Waals surface area contributed by atoms with Crippen LogP contribution in [0.4, 0.5) is 0 Å². The number of thiophene rings is 1. The number of carbonyl (C=O) groups excluding carboxylic acids is 1. The van der Waals surface area contributed by atoms with Crippen molar-refractivity contribution in [1.82, 2.24) is 10.0 Å². The van der Waals surface area contributed by atoms with Crippen molar-refractivity contribution >= 4 is 49.2 Å². The van der Waals surface area contributed by atoms with Gasteiger partial charge in [-0.25, -0.2) is 17.9 Å². The van der Waals surface area contributed by atoms with Crippen LogP contribution in [0.1, 0.15) is 19.8 Å². The van der Waals surface area contributed by atoms with Crippen molar-refractivity contribution in [3.63, 3.8) is 0 Å². The molecule has 1 aromatic heterocycles. The molecule has 1 unspecified atom stereocenters. The Balaban J connectivity index is 2.58. The van der Waals surface area contributed by atoms with E-state index in [9.17, 15) is 18.0 Å². The Kier molecular flexibility index (Phi) is 6.78. The highest BCUT2D eigenvalue weighted by Crippen LogP contribution is 2.25. The zero-order valence-corrected chi connectivity index (χ0v) is 14.3. The number of carboxylic acid groups (broad SMARTS) is 1. The van der Waals surface area contributed by atoms with E-state index in [4.69, 9.17) is 5.11 Å². The predicted octanol–water partition coefficient (Wildman–Crippen LogP) is 1.16. The zero-order chi connectivity index (χ0) is 16.0. The fourth-order valence-corrected chi connectivity index (χ4v) is 4.50. The zero-order valence-electron chi connectivity index (χ0n) is 11.1. The first-order valence-corrected chi connectivity index (χ1v) is 9.12. The number of rotatable bonds is 8. The summed E-state index contributed by atoms with van der Waals surface area (Å²) in [7, 11) is -3.77. The molecule has 1 amide bonds. The molecular weight excluding hydrogens is 384 g/mol. The highest BCUT2D eigenvalue weighted by atomic mass is 79.9. The smallest absolute Gasteiger partial charge is 0.326 e. The van der Waals surface area contributed by atoms with E-state index >= 15 is 0 Å². The molecular formula is C11H15BrN2O5S2. The number of amides is 1. The van der Waals surface area contributed by atoms with Crippen LogP contribution >= 0.6 is 27.3 Å². The molecule has 1 aromatic rings. The SMILES string of the molecule is CCCC(NC(=O)CNS(=O)(=O)c1ccc(Br)s1)C(=O)O. The van der Waals surface area contributed by atoms with E-state index in [0.29, 0.717) is 10.2 Å². The molecule has 0 spiro atoms. The van der Waals surface area contributed by atoms with Gasteiger partial charge in [-0.2, -0.15) is 0 Å². The average molecular weight is 399 g/mol. The predicted molar refractivity (Wildman–Crippen MR) is 81.7 cm³/mol. The normalized spacial score (nSPS) is 12.9. The molecule has 3 N–H and O–H groups in total. The van der Waals surface area contributed by atoms with Crippen LogP contribution in [0, 0.1) is 0 Å². The van der Waals surface area contributed by atoms with Gasteiger partial charge in [0.25, 0.3) is 10.0 Å². The summed E-state index contributed by atoms with van der Waals surface area (Å²) in [6, 6.07) is 1.98. The molecule has 7 nitrogen and oxygen atoms in total. The van der Waals surface area contributed by atoms with Crippen molar-refractivity contribution in [2.24, 2.45) is 0 Å². The summed E-state index contributed by atoms with van der Waals surface area (Å²) >= 11 is 4.17. The Morgan fingerprint density at radius 3 is 2.57 bits per heavy atom. The minimum Gasteiger partial charge on any atom is -0.480 e. The molecule has 0 saturated carbocycles. The summed E-state index contributed by atoms with van der Waals surface area (Å²) in [6.07, 6.45) is 0.873. The Morgan fingerprint density at radius 1 is 1.43 bits per heavy atom. The van der Waals surface area contributed by atoms with Crippen molar-refractivity contribution in [1.29, 1.82) is 0 Å². The summed E-state index contributed by atoms with van der Waals surface area (Å²) in [5, 5.41) is 11.2. The largest absolute Gasteiger partial charge is 0.480 e. The van der Waals surface area contributed by atoms with Gasteiger partial charge < -0.3 is 10.4 Å². The second kappa shape index (κ2) is 7.87. The Hall–Kier alpha value is -0.970. The standard InChI is InChI=1S/C11H15BrN2O5S2/c1-2-3-7(11(16)17)14-9(15)6-13-21(18,19)10-5-4-8(12)20-10/h4-5,7,13H,2-3,6H2,1H3,(H,14,15)(H,16,17). The quantitative estimate of drug-likeness (QED) is 0.607. The van der Waals surface area contributed by atoms with Crippen molar-refractivity contribution < 1.29 is 23.1 Å². The van der Waals surface area contributed by atoms with E-state index in [-0.39, 0.29) is 10.6 Å². The summed E-state index contributed by atoms with van der Waals surface area (Å²) in [4.78, 5) is 22.5. The monoisotopic (exact) mass is 398 g/mol. The van der Waals surface area contributed by atoms with Gasteiger partial charge in [0.2, 0.25) is 5.91 Å². The van der Waals surface area contributed by atoms with Crippen LogP contribution in [0.5, 0.6) is 0 Å². The van der Waals surface area contributed by atoms with Gasteiger partial charge in [-0.15, -0.1) is 11.3 Å². The van der Waals surface area contributed by atoms with Crippen LogP contribution in [-0.4, -0.2) is 38.0 Å². The summed E-state index contributed by atoms with van der Waals surface area (Å²) in [5.41, 5.74) is 0. The number of hydrogen-bond donors (Lipinski definition) is 3. The fraction of sp³-hybridized carbons (Fsp3) is 0.455. The molecule has 1 heterocycles. The third-order valence-electron chi connectivity index (χ3n) is 2.45. The number of nitrogens with one attached hydrogen (secondary N) is 2. The average Bonchev–Trinajstić information content (AvgIpc) is 2.83. The maximum absolute atomic E-state index is 11.9. The molecule has 0 fully saturated rings. The number of aliphatic carboxylic acids is 1. The lowest BCUT2D eigenvalue weighted by molar-refractivity contribution is -0.141. The molecule has 1 rings (SSSR count). The Morgan fingerprint density at radius 2 is 2.10 bits per heavy atom. The van der Waals surface area contributed by atoms with Crippen LogP contribution in [0.25, 0.3) is 0 Å². The molecule has 0 radical (unpaired) electrons. The maximum atomic E-state index is 11.9. The van der Waals surface area contributed by atoms with E-state index in [1.165, 1.54) is 6.07 Å². The second-order valence-corrected chi connectivity index (χ2v) is 8.59. The van der Waals surface area contributed by atoms with Crippen molar-refractivity contribution in [2.75, 3.05) is 6.54 Å². The van der Waals surface area contributed by atoms with Gasteiger partial charge >= 0.3 is 5.97 Å². The number of carboxylic acids is 1. The highest BCUT2D eigenvalue weighted by molar-refractivity contribution is 9.11. The lowest BCUT2D eigenvalue weighted by Gasteiger charge is -2.13. The fourth-order valence-electron chi connectivity index (χ4n) is 1.47. The van der Waals surface area contributed by atoms with Crippen LogP contribution in [0.2, 0.25) is 0 Å².